The monoisotopic (exact) mass is 260 g/mol. The van der Waals surface area contributed by atoms with E-state index < -0.39 is 15.0 Å². The Morgan fingerprint density at radius 1 is 0.833 bits per heavy atom. The molecule has 2 aromatic rings. The first kappa shape index (κ1) is 12.5. The van der Waals surface area contributed by atoms with Gasteiger partial charge in [0.15, 0.2) is 0 Å². The number of benzene rings is 2. The van der Waals surface area contributed by atoms with E-state index >= 15 is 0 Å². The molecule has 0 aliphatic carbocycles. The van der Waals surface area contributed by atoms with Crippen LogP contribution in [0.15, 0.2) is 60.7 Å². The van der Waals surface area contributed by atoms with Gasteiger partial charge in [0.25, 0.3) is 5.12 Å². The van der Waals surface area contributed by atoms with Crippen LogP contribution < -0.4 is 0 Å². The van der Waals surface area contributed by atoms with Gasteiger partial charge in [-0.15, -0.1) is 0 Å². The summed E-state index contributed by atoms with van der Waals surface area (Å²) in [4.78, 5) is 11.9. The highest BCUT2D eigenvalue weighted by Gasteiger charge is 2.23. The van der Waals surface area contributed by atoms with E-state index in [2.05, 4.69) is 0 Å². The van der Waals surface area contributed by atoms with Crippen molar-refractivity contribution >= 4 is 15.0 Å². The average molecular weight is 260 g/mol. The molecule has 2 rings (SSSR count). The number of rotatable bonds is 3. The van der Waals surface area contributed by atoms with Crippen molar-refractivity contribution in [1.82, 2.24) is 0 Å². The van der Waals surface area contributed by atoms with Gasteiger partial charge >= 0.3 is 0 Å². The van der Waals surface area contributed by atoms with Crippen molar-refractivity contribution < 1.29 is 13.2 Å². The summed E-state index contributed by atoms with van der Waals surface area (Å²) in [6.07, 6.45) is 0. The van der Waals surface area contributed by atoms with E-state index in [9.17, 15) is 13.2 Å². The molecule has 0 aliphatic rings. The van der Waals surface area contributed by atoms with Crippen LogP contribution in [0, 0.1) is 0 Å². The molecule has 0 aromatic heterocycles. The van der Waals surface area contributed by atoms with Crippen LogP contribution in [0.4, 0.5) is 0 Å². The van der Waals surface area contributed by atoms with Gasteiger partial charge in [-0.25, -0.2) is 8.42 Å². The van der Waals surface area contributed by atoms with Crippen molar-refractivity contribution in [2.75, 3.05) is 0 Å². The van der Waals surface area contributed by atoms with Crippen molar-refractivity contribution in [3.05, 3.63) is 71.8 Å². The van der Waals surface area contributed by atoms with Crippen molar-refractivity contribution in [2.24, 2.45) is 0 Å². The number of hydrogen-bond acceptors (Lipinski definition) is 3. The Balaban J connectivity index is 2.25. The van der Waals surface area contributed by atoms with E-state index in [-0.39, 0.29) is 11.3 Å². The zero-order chi connectivity index (χ0) is 13.0. The Kier molecular flexibility index (Phi) is 3.58. The lowest BCUT2D eigenvalue weighted by atomic mass is 10.2. The molecule has 0 spiro atoms. The van der Waals surface area contributed by atoms with Gasteiger partial charge in [0.1, 0.15) is 0 Å². The van der Waals surface area contributed by atoms with Crippen LogP contribution in [-0.4, -0.2) is 13.5 Å². The molecule has 0 atom stereocenters. The summed E-state index contributed by atoms with van der Waals surface area (Å²) in [5, 5.41) is -0.827. The van der Waals surface area contributed by atoms with E-state index in [1.165, 1.54) is 12.1 Å². The van der Waals surface area contributed by atoms with Crippen LogP contribution in [0.3, 0.4) is 0 Å². The number of hydrogen-bond donors (Lipinski definition) is 0. The lowest BCUT2D eigenvalue weighted by molar-refractivity contribution is 0.107. The standard InChI is InChI=1S/C14H12O3S/c15-14(13-9-5-2-6-10-13)18(16,17)11-12-7-3-1-4-8-12/h1-10H,11H2. The van der Waals surface area contributed by atoms with Gasteiger partial charge in [0, 0.05) is 5.56 Å². The molecule has 0 heterocycles. The summed E-state index contributed by atoms with van der Waals surface area (Å²) < 4.78 is 23.9. The number of sulfone groups is 1. The zero-order valence-electron chi connectivity index (χ0n) is 9.61. The largest absolute Gasteiger partial charge is 0.276 e. The van der Waals surface area contributed by atoms with E-state index in [0.717, 1.165) is 0 Å². The normalized spacial score (nSPS) is 11.1. The fourth-order valence-electron chi connectivity index (χ4n) is 1.61. The molecule has 0 amide bonds. The summed E-state index contributed by atoms with van der Waals surface area (Å²) >= 11 is 0. The van der Waals surface area contributed by atoms with Crippen molar-refractivity contribution in [3.8, 4) is 0 Å². The number of carbonyl (C=O) groups is 1. The minimum absolute atomic E-state index is 0.202. The molecule has 0 fully saturated rings. The van der Waals surface area contributed by atoms with E-state index in [4.69, 9.17) is 0 Å². The summed E-state index contributed by atoms with van der Waals surface area (Å²) in [6.45, 7) is 0. The number of carbonyl (C=O) groups excluding carboxylic acids is 1. The lowest BCUT2D eigenvalue weighted by Gasteiger charge is -2.03. The highest BCUT2D eigenvalue weighted by molar-refractivity contribution is 8.05. The molecule has 2 aromatic carbocycles. The predicted molar refractivity (Wildman–Crippen MR) is 69.8 cm³/mol. The van der Waals surface area contributed by atoms with Crippen molar-refractivity contribution in [1.29, 1.82) is 0 Å². The molecule has 18 heavy (non-hydrogen) atoms. The average Bonchev–Trinajstić information content (AvgIpc) is 2.39. The first-order valence-corrected chi connectivity index (χ1v) is 7.11. The van der Waals surface area contributed by atoms with Gasteiger partial charge in [-0.3, -0.25) is 4.79 Å². The van der Waals surface area contributed by atoms with Gasteiger partial charge in [-0.1, -0.05) is 60.7 Å². The topological polar surface area (TPSA) is 51.2 Å². The third kappa shape index (κ3) is 2.84. The van der Waals surface area contributed by atoms with Gasteiger partial charge in [-0.05, 0) is 5.56 Å². The summed E-state index contributed by atoms with van der Waals surface area (Å²) in [6, 6.07) is 16.7. The van der Waals surface area contributed by atoms with Crippen LogP contribution in [0.2, 0.25) is 0 Å². The lowest BCUT2D eigenvalue weighted by Crippen LogP contribution is -2.17. The maximum atomic E-state index is 12.0. The Morgan fingerprint density at radius 3 is 1.89 bits per heavy atom. The Labute approximate surface area is 106 Å². The molecular weight excluding hydrogens is 248 g/mol. The van der Waals surface area contributed by atoms with E-state index in [1.807, 2.05) is 0 Å². The van der Waals surface area contributed by atoms with E-state index in [0.29, 0.717) is 5.56 Å². The third-order valence-corrected chi connectivity index (χ3v) is 4.01. The van der Waals surface area contributed by atoms with Crippen LogP contribution >= 0.6 is 0 Å². The summed E-state index contributed by atoms with van der Waals surface area (Å²) in [5.41, 5.74) is 0.815. The first-order valence-electron chi connectivity index (χ1n) is 5.46. The zero-order valence-corrected chi connectivity index (χ0v) is 10.4. The molecule has 0 unspecified atom stereocenters. The first-order chi connectivity index (χ1) is 8.59. The predicted octanol–water partition coefficient (Wildman–Crippen LogP) is 2.44. The Morgan fingerprint density at radius 2 is 1.33 bits per heavy atom. The van der Waals surface area contributed by atoms with Crippen LogP contribution in [0.25, 0.3) is 0 Å². The Hall–Kier alpha value is -1.94. The molecule has 4 heteroatoms. The molecule has 0 N–H and O–H groups in total. The highest BCUT2D eigenvalue weighted by atomic mass is 32.2. The molecule has 0 radical (unpaired) electrons. The summed E-state index contributed by atoms with van der Waals surface area (Å²) in [5.74, 6) is -0.262. The van der Waals surface area contributed by atoms with Gasteiger partial charge in [0.05, 0.1) is 5.75 Å². The maximum Gasteiger partial charge on any atom is 0.276 e. The second-order valence-corrected chi connectivity index (χ2v) is 5.79. The van der Waals surface area contributed by atoms with Crippen LogP contribution in [0.1, 0.15) is 15.9 Å². The van der Waals surface area contributed by atoms with Gasteiger partial charge in [-0.2, -0.15) is 0 Å². The minimum atomic E-state index is -3.81. The van der Waals surface area contributed by atoms with Crippen molar-refractivity contribution in [2.45, 2.75) is 5.75 Å². The summed E-state index contributed by atoms with van der Waals surface area (Å²) in [7, 11) is -3.81. The molecule has 3 nitrogen and oxygen atoms in total. The maximum absolute atomic E-state index is 12.0. The quantitative estimate of drug-likeness (QED) is 0.851. The SMILES string of the molecule is O=C(c1ccccc1)S(=O)(=O)Cc1ccccc1. The van der Waals surface area contributed by atoms with Crippen LogP contribution in [-0.2, 0) is 15.6 Å². The third-order valence-electron chi connectivity index (χ3n) is 2.49. The van der Waals surface area contributed by atoms with Crippen molar-refractivity contribution in [3.63, 3.8) is 0 Å². The minimum Gasteiger partial charge on any atom is -0.276 e. The molecular formula is C14H12O3S. The highest BCUT2D eigenvalue weighted by Crippen LogP contribution is 2.12. The van der Waals surface area contributed by atoms with E-state index in [1.54, 1.807) is 48.5 Å². The van der Waals surface area contributed by atoms with Gasteiger partial charge in [0.2, 0.25) is 9.84 Å². The van der Waals surface area contributed by atoms with Crippen LogP contribution in [0.5, 0.6) is 0 Å². The molecule has 0 saturated heterocycles. The fraction of sp³-hybridized carbons (Fsp3) is 0.0714. The smallest absolute Gasteiger partial charge is 0.276 e. The molecule has 0 saturated carbocycles. The fourth-order valence-corrected chi connectivity index (χ4v) is 2.87. The second-order valence-electron chi connectivity index (χ2n) is 3.90. The molecule has 0 bridgehead atoms. The molecule has 92 valence electrons. The second kappa shape index (κ2) is 5.14. The Bertz CT molecular complexity index is 631. The van der Waals surface area contributed by atoms with Gasteiger partial charge < -0.3 is 0 Å². The molecule has 0 aliphatic heterocycles.